The van der Waals surface area contributed by atoms with Crippen molar-refractivity contribution in [2.75, 3.05) is 4.72 Å². The molecule has 1 heterocycles. The number of halogens is 2. The lowest BCUT2D eigenvalue weighted by atomic mass is 10.1. The first-order chi connectivity index (χ1) is 13.4. The second kappa shape index (κ2) is 8.60. The number of amides is 1. The number of para-hydroxylation sites is 1. The molecule has 1 amide bonds. The lowest BCUT2D eigenvalue weighted by Gasteiger charge is -2.13. The predicted octanol–water partition coefficient (Wildman–Crippen LogP) is 4.12. The van der Waals surface area contributed by atoms with Crippen LogP contribution in [0.25, 0.3) is 0 Å². The third-order valence-corrected chi connectivity index (χ3v) is 5.86. The summed E-state index contributed by atoms with van der Waals surface area (Å²) < 4.78 is 27.9. The summed E-state index contributed by atoms with van der Waals surface area (Å²) >= 11 is 11.9. The summed E-state index contributed by atoms with van der Waals surface area (Å²) in [6, 6.07) is 14.0. The second-order valence-electron chi connectivity index (χ2n) is 5.77. The molecule has 6 nitrogen and oxygen atoms in total. The molecule has 144 valence electrons. The van der Waals surface area contributed by atoms with Gasteiger partial charge in [0.2, 0.25) is 0 Å². The Balaban J connectivity index is 1.83. The van der Waals surface area contributed by atoms with Gasteiger partial charge in [0, 0.05) is 24.0 Å². The van der Waals surface area contributed by atoms with Gasteiger partial charge in [-0.1, -0.05) is 41.4 Å². The van der Waals surface area contributed by atoms with Crippen LogP contribution in [-0.4, -0.2) is 19.3 Å². The number of anilines is 1. The average molecular weight is 436 g/mol. The van der Waals surface area contributed by atoms with Crippen molar-refractivity contribution in [3.63, 3.8) is 0 Å². The van der Waals surface area contributed by atoms with Crippen molar-refractivity contribution < 1.29 is 13.2 Å². The van der Waals surface area contributed by atoms with Crippen LogP contribution in [0.15, 0.2) is 71.9 Å². The van der Waals surface area contributed by atoms with Crippen molar-refractivity contribution in [2.45, 2.75) is 11.4 Å². The standard InChI is InChI=1S/C19H15Cl2N3O3S/c20-14-7-8-16(21)18(10-14)28(26,27)24-17-6-2-1-5-15(17)19(25)23-12-13-4-3-9-22-11-13/h1-11,24H,12H2,(H,23,25). The summed E-state index contributed by atoms with van der Waals surface area (Å²) in [7, 11) is -4.05. The fraction of sp³-hybridized carbons (Fsp3) is 0.0526. The van der Waals surface area contributed by atoms with Gasteiger partial charge in [-0.25, -0.2) is 8.42 Å². The Hall–Kier alpha value is -2.61. The molecule has 1 aromatic heterocycles. The fourth-order valence-electron chi connectivity index (χ4n) is 2.43. The van der Waals surface area contributed by atoms with E-state index in [-0.39, 0.29) is 32.7 Å². The number of aromatic nitrogens is 1. The number of benzene rings is 2. The Labute approximate surface area is 172 Å². The number of nitrogens with one attached hydrogen (secondary N) is 2. The van der Waals surface area contributed by atoms with Crippen LogP contribution in [0, 0.1) is 0 Å². The molecule has 0 bridgehead atoms. The van der Waals surface area contributed by atoms with Crippen molar-refractivity contribution in [2.24, 2.45) is 0 Å². The van der Waals surface area contributed by atoms with Crippen LogP contribution in [0.5, 0.6) is 0 Å². The largest absolute Gasteiger partial charge is 0.348 e. The van der Waals surface area contributed by atoms with Gasteiger partial charge in [-0.05, 0) is 42.0 Å². The minimum atomic E-state index is -4.05. The Morgan fingerprint density at radius 2 is 1.82 bits per heavy atom. The van der Waals surface area contributed by atoms with Gasteiger partial charge in [0.1, 0.15) is 4.90 Å². The number of nitrogens with zero attached hydrogens (tertiary/aromatic N) is 1. The van der Waals surface area contributed by atoms with Crippen molar-refractivity contribution in [1.82, 2.24) is 10.3 Å². The monoisotopic (exact) mass is 435 g/mol. The zero-order valence-corrected chi connectivity index (χ0v) is 16.7. The first kappa shape index (κ1) is 20.1. The maximum absolute atomic E-state index is 12.7. The third-order valence-electron chi connectivity index (χ3n) is 3.77. The maximum Gasteiger partial charge on any atom is 0.263 e. The molecule has 9 heteroatoms. The van der Waals surface area contributed by atoms with E-state index in [4.69, 9.17) is 23.2 Å². The van der Waals surface area contributed by atoms with Gasteiger partial charge in [0.25, 0.3) is 15.9 Å². The summed E-state index contributed by atoms with van der Waals surface area (Å²) in [6.07, 6.45) is 3.27. The second-order valence-corrected chi connectivity index (χ2v) is 8.26. The number of carbonyl (C=O) groups is 1. The molecule has 2 aromatic carbocycles. The molecule has 2 N–H and O–H groups in total. The zero-order chi connectivity index (χ0) is 20.1. The number of sulfonamides is 1. The van der Waals surface area contributed by atoms with Gasteiger partial charge in [-0.2, -0.15) is 0 Å². The quantitative estimate of drug-likeness (QED) is 0.609. The van der Waals surface area contributed by atoms with Crippen LogP contribution in [0.1, 0.15) is 15.9 Å². The first-order valence-corrected chi connectivity index (χ1v) is 10.3. The lowest BCUT2D eigenvalue weighted by Crippen LogP contribution is -2.25. The molecule has 0 aliphatic carbocycles. The Bertz CT molecular complexity index is 1110. The van der Waals surface area contributed by atoms with Crippen LogP contribution in [0.4, 0.5) is 5.69 Å². The van der Waals surface area contributed by atoms with Crippen molar-refractivity contribution in [3.05, 3.63) is 88.2 Å². The highest BCUT2D eigenvalue weighted by Crippen LogP contribution is 2.27. The van der Waals surface area contributed by atoms with Crippen LogP contribution in [0.3, 0.4) is 0 Å². The van der Waals surface area contributed by atoms with Crippen molar-refractivity contribution in [3.8, 4) is 0 Å². The summed E-state index contributed by atoms with van der Waals surface area (Å²) in [5.74, 6) is -0.431. The topological polar surface area (TPSA) is 88.2 Å². The van der Waals surface area contributed by atoms with Gasteiger partial charge in [0.15, 0.2) is 0 Å². The molecular weight excluding hydrogens is 421 g/mol. The van der Waals surface area contributed by atoms with Crippen molar-refractivity contribution >= 4 is 44.8 Å². The molecule has 3 aromatic rings. The first-order valence-electron chi connectivity index (χ1n) is 8.11. The van der Waals surface area contributed by atoms with E-state index >= 15 is 0 Å². The van der Waals surface area contributed by atoms with E-state index in [2.05, 4.69) is 15.0 Å². The number of hydrogen-bond donors (Lipinski definition) is 2. The summed E-state index contributed by atoms with van der Waals surface area (Å²) in [6.45, 7) is 0.258. The average Bonchev–Trinajstić information content (AvgIpc) is 2.69. The van der Waals surface area contributed by atoms with E-state index in [0.717, 1.165) is 5.56 Å². The molecular formula is C19H15Cl2N3O3S. The predicted molar refractivity (Wildman–Crippen MR) is 109 cm³/mol. The molecule has 3 rings (SSSR count). The van der Waals surface area contributed by atoms with Gasteiger partial charge in [0.05, 0.1) is 16.3 Å². The van der Waals surface area contributed by atoms with E-state index in [1.807, 2.05) is 6.07 Å². The summed E-state index contributed by atoms with van der Waals surface area (Å²) in [4.78, 5) is 16.4. The smallest absolute Gasteiger partial charge is 0.263 e. The molecule has 0 atom stereocenters. The summed E-state index contributed by atoms with van der Waals surface area (Å²) in [5, 5.41) is 2.99. The van der Waals surface area contributed by atoms with Crippen LogP contribution >= 0.6 is 23.2 Å². The van der Waals surface area contributed by atoms with Crippen LogP contribution in [-0.2, 0) is 16.6 Å². The van der Waals surface area contributed by atoms with E-state index in [1.165, 1.54) is 30.3 Å². The molecule has 0 aliphatic rings. The molecule has 0 unspecified atom stereocenters. The van der Waals surface area contributed by atoms with E-state index in [0.29, 0.717) is 0 Å². The lowest BCUT2D eigenvalue weighted by molar-refractivity contribution is 0.0952. The Morgan fingerprint density at radius 1 is 1.04 bits per heavy atom. The molecule has 0 radical (unpaired) electrons. The Kier molecular flexibility index (Phi) is 6.18. The molecule has 0 spiro atoms. The molecule has 28 heavy (non-hydrogen) atoms. The van der Waals surface area contributed by atoms with E-state index in [9.17, 15) is 13.2 Å². The minimum Gasteiger partial charge on any atom is -0.348 e. The maximum atomic E-state index is 12.7. The van der Waals surface area contributed by atoms with Gasteiger partial charge in [-0.15, -0.1) is 0 Å². The van der Waals surface area contributed by atoms with Crippen molar-refractivity contribution in [1.29, 1.82) is 0 Å². The van der Waals surface area contributed by atoms with Gasteiger partial charge >= 0.3 is 0 Å². The highest BCUT2D eigenvalue weighted by Gasteiger charge is 2.21. The number of hydrogen-bond acceptors (Lipinski definition) is 4. The number of rotatable bonds is 6. The molecule has 0 aliphatic heterocycles. The number of carbonyl (C=O) groups excluding carboxylic acids is 1. The highest BCUT2D eigenvalue weighted by molar-refractivity contribution is 7.92. The molecule has 0 saturated heterocycles. The van der Waals surface area contributed by atoms with E-state index in [1.54, 1.807) is 30.6 Å². The fourth-order valence-corrected chi connectivity index (χ4v) is 4.28. The van der Waals surface area contributed by atoms with Gasteiger partial charge in [-0.3, -0.25) is 14.5 Å². The highest BCUT2D eigenvalue weighted by atomic mass is 35.5. The molecule has 0 fully saturated rings. The molecule has 0 saturated carbocycles. The normalized spacial score (nSPS) is 11.1. The van der Waals surface area contributed by atoms with Crippen LogP contribution < -0.4 is 10.0 Å². The van der Waals surface area contributed by atoms with Crippen LogP contribution in [0.2, 0.25) is 10.0 Å². The summed E-state index contributed by atoms with van der Waals surface area (Å²) in [5.41, 5.74) is 1.12. The minimum absolute atomic E-state index is 0.0235. The number of pyridine rings is 1. The Morgan fingerprint density at radius 3 is 2.57 bits per heavy atom. The SMILES string of the molecule is O=C(NCc1cccnc1)c1ccccc1NS(=O)(=O)c1cc(Cl)ccc1Cl. The zero-order valence-electron chi connectivity index (χ0n) is 14.4. The third kappa shape index (κ3) is 4.81. The van der Waals surface area contributed by atoms with E-state index < -0.39 is 15.9 Å². The van der Waals surface area contributed by atoms with Gasteiger partial charge < -0.3 is 5.32 Å².